The Morgan fingerprint density at radius 3 is 2.48 bits per heavy atom. The molecule has 0 aromatic heterocycles. The van der Waals surface area contributed by atoms with E-state index < -0.39 is 26.0 Å². The van der Waals surface area contributed by atoms with Crippen LogP contribution >= 0.6 is 0 Å². The molecule has 0 N–H and O–H groups in total. The molecule has 0 bridgehead atoms. The second kappa shape index (κ2) is 6.44. The molecule has 1 saturated heterocycles. The van der Waals surface area contributed by atoms with E-state index in [1.165, 1.54) is 0 Å². The molecule has 0 amide bonds. The highest BCUT2D eigenvalue weighted by Crippen LogP contribution is 2.33. The van der Waals surface area contributed by atoms with Gasteiger partial charge in [-0.1, -0.05) is 0 Å². The highest BCUT2D eigenvalue weighted by Gasteiger charge is 2.50. The summed E-state index contributed by atoms with van der Waals surface area (Å²) in [5, 5.41) is 0. The fraction of sp³-hybridized carbons (Fsp3) is 0.857. The van der Waals surface area contributed by atoms with E-state index in [9.17, 15) is 18.0 Å². The maximum absolute atomic E-state index is 12.2. The normalized spacial score (nSPS) is 23.9. The molecule has 7 heteroatoms. The Hall–Kier alpha value is -0.950. The van der Waals surface area contributed by atoms with Gasteiger partial charge in [0.1, 0.15) is 0 Å². The summed E-state index contributed by atoms with van der Waals surface area (Å²) in [7, 11) is -3.42. The zero-order valence-corrected chi connectivity index (χ0v) is 13.9. The van der Waals surface area contributed by atoms with Crippen LogP contribution in [0, 0.1) is 5.41 Å². The summed E-state index contributed by atoms with van der Waals surface area (Å²) in [4.78, 5) is 24.4. The first-order chi connectivity index (χ1) is 9.57. The summed E-state index contributed by atoms with van der Waals surface area (Å²) in [6.45, 7) is 6.72. The third-order valence-electron chi connectivity index (χ3n) is 3.75. The summed E-state index contributed by atoms with van der Waals surface area (Å²) >= 11 is 0. The number of ketones is 1. The van der Waals surface area contributed by atoms with Crippen molar-refractivity contribution < 1.29 is 27.5 Å². The van der Waals surface area contributed by atoms with Gasteiger partial charge in [0.2, 0.25) is 0 Å². The van der Waals surface area contributed by atoms with Crippen LogP contribution in [0.4, 0.5) is 0 Å². The minimum atomic E-state index is -3.42. The van der Waals surface area contributed by atoms with Gasteiger partial charge in [0, 0.05) is 6.42 Å². The van der Waals surface area contributed by atoms with E-state index in [2.05, 4.69) is 0 Å². The monoisotopic (exact) mass is 320 g/mol. The molecule has 0 aromatic carbocycles. The van der Waals surface area contributed by atoms with Crippen LogP contribution in [-0.4, -0.2) is 50.5 Å². The SMILES string of the molecule is CCOC(=O)C1(CCS(=O)(=O)C(C)(C)C)COCCC1=O. The molecule has 0 radical (unpaired) electrons. The minimum absolute atomic E-state index is 0.0930. The van der Waals surface area contributed by atoms with Crippen molar-refractivity contribution in [2.45, 2.75) is 45.3 Å². The average molecular weight is 320 g/mol. The lowest BCUT2D eigenvalue weighted by molar-refractivity contribution is -0.169. The zero-order valence-electron chi connectivity index (χ0n) is 13.1. The molecule has 0 saturated carbocycles. The standard InChI is InChI=1S/C14H24O6S/c1-5-20-12(16)14(10-19-8-6-11(14)15)7-9-21(17,18)13(2,3)4/h5-10H2,1-4H3. The van der Waals surface area contributed by atoms with Gasteiger partial charge in [-0.3, -0.25) is 9.59 Å². The number of hydrogen-bond acceptors (Lipinski definition) is 6. The lowest BCUT2D eigenvalue weighted by Crippen LogP contribution is -2.49. The minimum Gasteiger partial charge on any atom is -0.465 e. The van der Waals surface area contributed by atoms with Gasteiger partial charge in [0.25, 0.3) is 0 Å². The van der Waals surface area contributed by atoms with E-state index in [0.29, 0.717) is 0 Å². The van der Waals surface area contributed by atoms with E-state index in [4.69, 9.17) is 9.47 Å². The number of rotatable bonds is 5. The third-order valence-corrected chi connectivity index (χ3v) is 6.36. The maximum Gasteiger partial charge on any atom is 0.322 e. The molecule has 1 aliphatic rings. The predicted octanol–water partition coefficient (Wildman–Crippen LogP) is 1.13. The van der Waals surface area contributed by atoms with Crippen molar-refractivity contribution in [3.05, 3.63) is 0 Å². The summed E-state index contributed by atoms with van der Waals surface area (Å²) in [6.07, 6.45) is 0.0125. The molecule has 0 aliphatic carbocycles. The molecule has 0 aromatic rings. The molecule has 0 spiro atoms. The van der Waals surface area contributed by atoms with Crippen LogP contribution in [0.15, 0.2) is 0 Å². The topological polar surface area (TPSA) is 86.7 Å². The maximum atomic E-state index is 12.2. The van der Waals surface area contributed by atoms with E-state index in [-0.39, 0.29) is 44.2 Å². The Morgan fingerprint density at radius 2 is 2.00 bits per heavy atom. The largest absolute Gasteiger partial charge is 0.465 e. The van der Waals surface area contributed by atoms with Crippen LogP contribution in [0.2, 0.25) is 0 Å². The van der Waals surface area contributed by atoms with Gasteiger partial charge >= 0.3 is 5.97 Å². The predicted molar refractivity (Wildman–Crippen MR) is 77.7 cm³/mol. The number of carbonyl (C=O) groups excluding carboxylic acids is 2. The Labute approximate surface area is 126 Å². The van der Waals surface area contributed by atoms with Crippen LogP contribution < -0.4 is 0 Å². The Balaban J connectivity index is 3.00. The molecule has 6 nitrogen and oxygen atoms in total. The van der Waals surface area contributed by atoms with Crippen molar-refractivity contribution in [3.8, 4) is 0 Å². The van der Waals surface area contributed by atoms with Gasteiger partial charge in [0.15, 0.2) is 21.0 Å². The Kier molecular flexibility index (Phi) is 5.55. The first-order valence-corrected chi connectivity index (χ1v) is 8.72. The van der Waals surface area contributed by atoms with Gasteiger partial charge < -0.3 is 9.47 Å². The molecular weight excluding hydrogens is 296 g/mol. The fourth-order valence-corrected chi connectivity index (χ4v) is 3.33. The second-order valence-corrected chi connectivity index (χ2v) is 9.07. The number of Topliss-reactive ketones (excluding diaryl/α,β-unsaturated/α-hetero) is 1. The number of esters is 1. The number of ether oxygens (including phenoxy) is 2. The quantitative estimate of drug-likeness (QED) is 0.557. The van der Waals surface area contributed by atoms with Crippen molar-refractivity contribution in [3.63, 3.8) is 0 Å². The van der Waals surface area contributed by atoms with Gasteiger partial charge in [0.05, 0.1) is 30.3 Å². The smallest absolute Gasteiger partial charge is 0.322 e. The van der Waals surface area contributed by atoms with Crippen molar-refractivity contribution in [1.29, 1.82) is 0 Å². The van der Waals surface area contributed by atoms with Crippen molar-refractivity contribution in [1.82, 2.24) is 0 Å². The first kappa shape index (κ1) is 18.1. The molecule has 1 rings (SSSR count). The summed E-state index contributed by atoms with van der Waals surface area (Å²) in [6, 6.07) is 0. The van der Waals surface area contributed by atoms with Crippen molar-refractivity contribution in [2.75, 3.05) is 25.6 Å². The van der Waals surface area contributed by atoms with E-state index >= 15 is 0 Å². The van der Waals surface area contributed by atoms with E-state index in [1.54, 1.807) is 27.7 Å². The molecule has 1 unspecified atom stereocenters. The van der Waals surface area contributed by atoms with Crippen molar-refractivity contribution >= 4 is 21.6 Å². The number of carbonyl (C=O) groups is 2. The number of sulfone groups is 1. The van der Waals surface area contributed by atoms with Crippen LogP contribution in [-0.2, 0) is 28.9 Å². The molecule has 1 fully saturated rings. The molecule has 1 atom stereocenters. The van der Waals surface area contributed by atoms with Gasteiger partial charge in [-0.25, -0.2) is 8.42 Å². The number of hydrogen-bond donors (Lipinski definition) is 0. The zero-order chi connectivity index (χ0) is 16.3. The first-order valence-electron chi connectivity index (χ1n) is 7.07. The highest BCUT2D eigenvalue weighted by atomic mass is 32.2. The van der Waals surface area contributed by atoms with Crippen molar-refractivity contribution in [2.24, 2.45) is 5.41 Å². The van der Waals surface area contributed by atoms with Gasteiger partial charge in [-0.05, 0) is 34.1 Å². The molecular formula is C14H24O6S. The Morgan fingerprint density at radius 1 is 1.38 bits per heavy atom. The Bertz CT molecular complexity index is 502. The summed E-state index contributed by atoms with van der Waals surface area (Å²) in [5.41, 5.74) is -1.48. The summed E-state index contributed by atoms with van der Waals surface area (Å²) in [5.74, 6) is -1.22. The molecule has 1 heterocycles. The van der Waals surface area contributed by atoms with Crippen LogP contribution in [0.1, 0.15) is 40.5 Å². The third kappa shape index (κ3) is 3.83. The van der Waals surface area contributed by atoms with Crippen LogP contribution in [0.5, 0.6) is 0 Å². The van der Waals surface area contributed by atoms with Gasteiger partial charge in [-0.15, -0.1) is 0 Å². The highest BCUT2D eigenvalue weighted by molar-refractivity contribution is 7.92. The fourth-order valence-electron chi connectivity index (χ4n) is 2.10. The molecule has 1 aliphatic heterocycles. The van der Waals surface area contributed by atoms with Crippen LogP contribution in [0.25, 0.3) is 0 Å². The van der Waals surface area contributed by atoms with Gasteiger partial charge in [-0.2, -0.15) is 0 Å². The average Bonchev–Trinajstić information content (AvgIpc) is 2.37. The lowest BCUT2D eigenvalue weighted by Gasteiger charge is -2.33. The molecule has 122 valence electrons. The molecule has 21 heavy (non-hydrogen) atoms. The summed E-state index contributed by atoms with van der Waals surface area (Å²) < 4.78 is 33.7. The second-order valence-electron chi connectivity index (χ2n) is 6.21. The van der Waals surface area contributed by atoms with Crippen LogP contribution in [0.3, 0.4) is 0 Å². The lowest BCUT2D eigenvalue weighted by atomic mass is 9.79. The van der Waals surface area contributed by atoms with E-state index in [1.807, 2.05) is 0 Å². The van der Waals surface area contributed by atoms with E-state index in [0.717, 1.165) is 0 Å².